The lowest BCUT2D eigenvalue weighted by Crippen LogP contribution is -2.14. The second-order valence-corrected chi connectivity index (χ2v) is 5.35. The van der Waals surface area contributed by atoms with Gasteiger partial charge in [0, 0.05) is 10.7 Å². The van der Waals surface area contributed by atoms with E-state index >= 15 is 0 Å². The Bertz CT molecular complexity index is 631. The number of carbonyl (C=O) groups is 1. The fourth-order valence-electron chi connectivity index (χ4n) is 1.29. The first kappa shape index (κ1) is 14.5. The molecule has 8 heteroatoms. The maximum Gasteiger partial charge on any atom is 0.260 e. The highest BCUT2D eigenvalue weighted by atomic mass is 79.9. The van der Waals surface area contributed by atoms with Gasteiger partial charge in [-0.05, 0) is 39.7 Å². The number of hydrogen-bond donors (Lipinski definition) is 1. The number of hydrogen-bond acceptors (Lipinski definition) is 3. The van der Waals surface area contributed by atoms with Crippen molar-refractivity contribution in [2.45, 2.75) is 0 Å². The largest absolute Gasteiger partial charge is 0.320 e. The molecule has 0 aliphatic heterocycles. The van der Waals surface area contributed by atoms with E-state index < -0.39 is 5.91 Å². The minimum Gasteiger partial charge on any atom is -0.320 e. The molecule has 0 radical (unpaired) electrons. The Hall–Kier alpha value is -0.880. The highest BCUT2D eigenvalue weighted by molar-refractivity contribution is 9.10. The molecule has 0 saturated heterocycles. The van der Waals surface area contributed by atoms with Crippen molar-refractivity contribution in [3.63, 3.8) is 0 Å². The molecule has 98 valence electrons. The molecule has 1 aromatic carbocycles. The summed E-state index contributed by atoms with van der Waals surface area (Å²) in [5, 5.41) is 2.97. The number of carbonyl (C=O) groups excluding carboxylic acids is 1. The van der Waals surface area contributed by atoms with Gasteiger partial charge in [0.15, 0.2) is 0 Å². The van der Waals surface area contributed by atoms with Gasteiger partial charge >= 0.3 is 0 Å². The Morgan fingerprint density at radius 1 is 1.26 bits per heavy atom. The zero-order valence-corrected chi connectivity index (χ0v) is 13.0. The smallest absolute Gasteiger partial charge is 0.260 e. The maximum absolute atomic E-state index is 12.1. The van der Waals surface area contributed by atoms with Crippen LogP contribution in [-0.2, 0) is 0 Å². The Balaban J connectivity index is 2.31. The van der Waals surface area contributed by atoms with Crippen LogP contribution in [0.2, 0.25) is 15.5 Å². The van der Waals surface area contributed by atoms with Crippen LogP contribution in [0.4, 0.5) is 5.69 Å². The Kier molecular flexibility index (Phi) is 4.62. The van der Waals surface area contributed by atoms with Gasteiger partial charge in [-0.3, -0.25) is 4.79 Å². The average molecular weight is 381 g/mol. The summed E-state index contributed by atoms with van der Waals surface area (Å²) in [4.78, 5) is 19.5. The highest BCUT2D eigenvalue weighted by Gasteiger charge is 2.15. The van der Waals surface area contributed by atoms with E-state index in [0.29, 0.717) is 15.2 Å². The molecule has 19 heavy (non-hydrogen) atoms. The predicted octanol–water partition coefficient (Wildman–Crippen LogP) is 4.45. The van der Waals surface area contributed by atoms with Crippen LogP contribution in [-0.4, -0.2) is 15.9 Å². The summed E-state index contributed by atoms with van der Waals surface area (Å²) in [6, 6.07) is 5.16. The lowest BCUT2D eigenvalue weighted by molar-refractivity contribution is 0.102. The summed E-state index contributed by atoms with van der Waals surface area (Å²) in [5.41, 5.74) is 0.554. The number of nitrogens with zero attached hydrogens (tertiary/aromatic N) is 2. The molecule has 0 aliphatic carbocycles. The van der Waals surface area contributed by atoms with Crippen LogP contribution in [0.15, 0.2) is 28.9 Å². The van der Waals surface area contributed by atoms with Gasteiger partial charge in [-0.15, -0.1) is 0 Å². The number of amides is 1. The molecule has 0 saturated carbocycles. The normalized spacial score (nSPS) is 10.3. The first-order valence-electron chi connectivity index (χ1n) is 4.92. The van der Waals surface area contributed by atoms with Crippen molar-refractivity contribution < 1.29 is 4.79 Å². The number of rotatable bonds is 2. The number of benzene rings is 1. The van der Waals surface area contributed by atoms with Crippen molar-refractivity contribution in [1.82, 2.24) is 9.97 Å². The monoisotopic (exact) mass is 379 g/mol. The quantitative estimate of drug-likeness (QED) is 0.618. The lowest BCUT2D eigenvalue weighted by Gasteiger charge is -2.09. The topological polar surface area (TPSA) is 54.9 Å². The summed E-state index contributed by atoms with van der Waals surface area (Å²) in [7, 11) is 0. The van der Waals surface area contributed by atoms with Crippen molar-refractivity contribution in [3.8, 4) is 0 Å². The summed E-state index contributed by atoms with van der Waals surface area (Å²) < 4.78 is 0.652. The number of anilines is 1. The molecule has 0 bridgehead atoms. The van der Waals surface area contributed by atoms with Crippen molar-refractivity contribution >= 4 is 62.3 Å². The van der Waals surface area contributed by atoms with Crippen molar-refractivity contribution in [2.75, 3.05) is 5.32 Å². The number of aromatic nitrogens is 2. The van der Waals surface area contributed by atoms with Crippen molar-refractivity contribution in [1.29, 1.82) is 0 Å². The number of nitrogens with one attached hydrogen (secondary N) is 1. The molecular formula is C11H5BrCl3N3O. The minimum atomic E-state index is -0.476. The third-order valence-corrected chi connectivity index (χ3v) is 3.60. The average Bonchev–Trinajstić information content (AvgIpc) is 2.33. The summed E-state index contributed by atoms with van der Waals surface area (Å²) >= 11 is 20.7. The Labute approximate surface area is 132 Å². The highest BCUT2D eigenvalue weighted by Crippen LogP contribution is 2.30. The van der Waals surface area contributed by atoms with Crippen LogP contribution >= 0.6 is 50.7 Å². The van der Waals surface area contributed by atoms with E-state index in [0.717, 1.165) is 0 Å². The van der Waals surface area contributed by atoms with E-state index in [4.69, 9.17) is 34.8 Å². The van der Waals surface area contributed by atoms with Crippen LogP contribution < -0.4 is 5.32 Å². The SMILES string of the molecule is O=C(Nc1c(Cl)cccc1Br)c1cnc(Cl)nc1Cl. The van der Waals surface area contributed by atoms with E-state index in [1.165, 1.54) is 6.20 Å². The van der Waals surface area contributed by atoms with E-state index in [9.17, 15) is 4.79 Å². The van der Waals surface area contributed by atoms with Gasteiger partial charge < -0.3 is 5.32 Å². The van der Waals surface area contributed by atoms with Crippen LogP contribution in [0.1, 0.15) is 10.4 Å². The Morgan fingerprint density at radius 3 is 2.63 bits per heavy atom. The molecule has 0 spiro atoms. The molecule has 2 aromatic rings. The fourth-order valence-corrected chi connectivity index (χ4v) is 2.48. The molecule has 1 N–H and O–H groups in total. The van der Waals surface area contributed by atoms with Gasteiger partial charge in [0.05, 0.1) is 16.3 Å². The van der Waals surface area contributed by atoms with Gasteiger partial charge in [-0.25, -0.2) is 9.97 Å². The molecule has 0 aliphatic rings. The van der Waals surface area contributed by atoms with Crippen molar-refractivity contribution in [2.24, 2.45) is 0 Å². The van der Waals surface area contributed by atoms with Crippen LogP contribution in [0.25, 0.3) is 0 Å². The molecule has 4 nitrogen and oxygen atoms in total. The van der Waals surface area contributed by atoms with Gasteiger partial charge in [0.2, 0.25) is 5.28 Å². The van der Waals surface area contributed by atoms with E-state index in [1.807, 2.05) is 0 Å². The summed E-state index contributed by atoms with van der Waals surface area (Å²) in [6.45, 7) is 0. The zero-order chi connectivity index (χ0) is 14.0. The maximum atomic E-state index is 12.1. The van der Waals surface area contributed by atoms with Gasteiger partial charge in [-0.2, -0.15) is 0 Å². The van der Waals surface area contributed by atoms with Crippen LogP contribution in [0.3, 0.4) is 0 Å². The second kappa shape index (κ2) is 6.05. The summed E-state index contributed by atoms with van der Waals surface area (Å²) in [5.74, 6) is -0.476. The standard InChI is InChI=1S/C11H5BrCl3N3O/c12-6-2-1-3-7(13)8(6)17-10(19)5-4-16-11(15)18-9(5)14/h1-4H,(H,17,19). The minimum absolute atomic E-state index is 0.0272. The number of halogens is 4. The second-order valence-electron chi connectivity index (χ2n) is 3.39. The molecule has 2 rings (SSSR count). The third-order valence-electron chi connectivity index (χ3n) is 2.16. The first-order valence-corrected chi connectivity index (χ1v) is 6.85. The molecule has 0 atom stereocenters. The number of para-hydroxylation sites is 1. The zero-order valence-electron chi connectivity index (χ0n) is 9.12. The van der Waals surface area contributed by atoms with Gasteiger partial charge in [-0.1, -0.05) is 29.3 Å². The molecule has 1 amide bonds. The molecule has 0 fully saturated rings. The van der Waals surface area contributed by atoms with E-state index in [1.54, 1.807) is 18.2 Å². The van der Waals surface area contributed by atoms with E-state index in [2.05, 4.69) is 31.2 Å². The van der Waals surface area contributed by atoms with Gasteiger partial charge in [0.25, 0.3) is 5.91 Å². The molecule has 0 unspecified atom stereocenters. The van der Waals surface area contributed by atoms with Crippen LogP contribution in [0.5, 0.6) is 0 Å². The lowest BCUT2D eigenvalue weighted by atomic mass is 10.2. The first-order chi connectivity index (χ1) is 8.99. The van der Waals surface area contributed by atoms with Crippen molar-refractivity contribution in [3.05, 3.63) is 49.9 Å². The third kappa shape index (κ3) is 3.36. The molecule has 1 heterocycles. The molecular weight excluding hydrogens is 376 g/mol. The summed E-state index contributed by atoms with van der Waals surface area (Å²) in [6.07, 6.45) is 1.25. The Morgan fingerprint density at radius 2 is 2.00 bits per heavy atom. The predicted molar refractivity (Wildman–Crippen MR) is 79.2 cm³/mol. The fraction of sp³-hybridized carbons (Fsp3) is 0. The van der Waals surface area contributed by atoms with E-state index in [-0.39, 0.29) is 16.0 Å². The van der Waals surface area contributed by atoms with Crippen LogP contribution in [0, 0.1) is 0 Å². The van der Waals surface area contributed by atoms with Gasteiger partial charge in [0.1, 0.15) is 5.15 Å². The molecule has 1 aromatic heterocycles.